The van der Waals surface area contributed by atoms with E-state index in [1.165, 1.54) is 4.90 Å². The van der Waals surface area contributed by atoms with E-state index in [1.807, 2.05) is 0 Å². The molecule has 1 aliphatic heterocycles. The smallest absolute Gasteiger partial charge is 0.411 e. The molecule has 5 heteroatoms. The second-order valence-corrected chi connectivity index (χ2v) is 6.51. The lowest BCUT2D eigenvalue weighted by atomic mass is 10.0. The molecule has 0 aromatic heterocycles. The van der Waals surface area contributed by atoms with Crippen molar-refractivity contribution < 1.29 is 19.4 Å². The first-order valence-electron chi connectivity index (χ1n) is 6.59. The van der Waals surface area contributed by atoms with Crippen LogP contribution in [-0.4, -0.2) is 39.8 Å². The highest BCUT2D eigenvalue weighted by atomic mass is 16.6. The van der Waals surface area contributed by atoms with Crippen LogP contribution in [0.25, 0.3) is 0 Å². The third kappa shape index (κ3) is 2.74. The van der Waals surface area contributed by atoms with Crippen LogP contribution < -0.4 is 0 Å². The van der Waals surface area contributed by atoms with Crippen LogP contribution in [0.2, 0.25) is 0 Å². The molecule has 1 saturated carbocycles. The van der Waals surface area contributed by atoms with Crippen LogP contribution >= 0.6 is 0 Å². The van der Waals surface area contributed by atoms with Gasteiger partial charge < -0.3 is 9.84 Å². The first-order valence-corrected chi connectivity index (χ1v) is 6.59. The van der Waals surface area contributed by atoms with Crippen molar-refractivity contribution in [1.29, 1.82) is 0 Å². The zero-order valence-electron chi connectivity index (χ0n) is 11.9. The maximum absolute atomic E-state index is 12.2. The number of nitrogens with zero attached hydrogens (tertiary/aromatic N) is 1. The SMILES string of the molecule is CC(C)(C)OC(=O)N1CC(C2CC2)=C[C@@]1(C)C(=O)O. The summed E-state index contributed by atoms with van der Waals surface area (Å²) in [6.07, 6.45) is 3.33. The van der Waals surface area contributed by atoms with E-state index in [0.29, 0.717) is 12.5 Å². The molecule has 1 amide bonds. The Morgan fingerprint density at radius 2 is 2.00 bits per heavy atom. The summed E-state index contributed by atoms with van der Waals surface area (Å²) >= 11 is 0. The van der Waals surface area contributed by atoms with E-state index in [9.17, 15) is 14.7 Å². The fraction of sp³-hybridized carbons (Fsp3) is 0.714. The van der Waals surface area contributed by atoms with Crippen molar-refractivity contribution in [3.63, 3.8) is 0 Å². The molecule has 5 nitrogen and oxygen atoms in total. The first kappa shape index (κ1) is 13.9. The third-order valence-corrected chi connectivity index (χ3v) is 3.52. The summed E-state index contributed by atoms with van der Waals surface area (Å²) in [6.45, 7) is 7.23. The fourth-order valence-corrected chi connectivity index (χ4v) is 2.28. The third-order valence-electron chi connectivity index (χ3n) is 3.52. The molecule has 0 aromatic carbocycles. The second-order valence-electron chi connectivity index (χ2n) is 6.51. The van der Waals surface area contributed by atoms with Crippen molar-refractivity contribution in [3.05, 3.63) is 11.6 Å². The van der Waals surface area contributed by atoms with Gasteiger partial charge in [0.2, 0.25) is 0 Å². The quantitative estimate of drug-likeness (QED) is 0.780. The lowest BCUT2D eigenvalue weighted by molar-refractivity contribution is -0.146. The van der Waals surface area contributed by atoms with Gasteiger partial charge in [0.05, 0.1) is 0 Å². The summed E-state index contributed by atoms with van der Waals surface area (Å²) < 4.78 is 5.31. The molecule has 0 bridgehead atoms. The van der Waals surface area contributed by atoms with Gasteiger partial charge in [-0.25, -0.2) is 9.59 Å². The molecule has 0 unspecified atom stereocenters. The highest BCUT2D eigenvalue weighted by Gasteiger charge is 2.49. The molecule has 1 fully saturated rings. The Morgan fingerprint density at radius 3 is 2.42 bits per heavy atom. The van der Waals surface area contributed by atoms with Crippen molar-refractivity contribution in [1.82, 2.24) is 4.90 Å². The molecule has 2 rings (SSSR count). The maximum atomic E-state index is 12.2. The Balaban J connectivity index is 2.20. The minimum atomic E-state index is -1.29. The molecule has 106 valence electrons. The number of amides is 1. The molecule has 1 N–H and O–H groups in total. The van der Waals surface area contributed by atoms with Crippen molar-refractivity contribution in [2.75, 3.05) is 6.54 Å². The van der Waals surface area contributed by atoms with E-state index in [-0.39, 0.29) is 0 Å². The van der Waals surface area contributed by atoms with E-state index in [1.54, 1.807) is 33.8 Å². The van der Waals surface area contributed by atoms with Crippen LogP contribution in [0.1, 0.15) is 40.5 Å². The predicted molar refractivity (Wildman–Crippen MR) is 69.8 cm³/mol. The van der Waals surface area contributed by atoms with Gasteiger partial charge in [-0.2, -0.15) is 0 Å². The number of carbonyl (C=O) groups excluding carboxylic acids is 1. The van der Waals surface area contributed by atoms with Crippen LogP contribution in [0.4, 0.5) is 4.79 Å². The van der Waals surface area contributed by atoms with Crippen molar-refractivity contribution in [2.24, 2.45) is 5.92 Å². The van der Waals surface area contributed by atoms with Crippen LogP contribution in [0, 0.1) is 5.92 Å². The normalized spacial score (nSPS) is 27.2. The highest BCUT2D eigenvalue weighted by Crippen LogP contribution is 2.42. The monoisotopic (exact) mass is 267 g/mol. The Kier molecular flexibility index (Phi) is 3.11. The minimum absolute atomic E-state index is 0.363. The number of carboxylic acid groups (broad SMARTS) is 1. The summed E-state index contributed by atoms with van der Waals surface area (Å²) in [6, 6.07) is 0. The van der Waals surface area contributed by atoms with Gasteiger partial charge >= 0.3 is 12.1 Å². The summed E-state index contributed by atoms with van der Waals surface area (Å²) in [7, 11) is 0. The molecular weight excluding hydrogens is 246 g/mol. The highest BCUT2D eigenvalue weighted by molar-refractivity contribution is 5.88. The number of carbonyl (C=O) groups is 2. The summed E-state index contributed by atoms with van der Waals surface area (Å²) in [5.74, 6) is -0.569. The van der Waals surface area contributed by atoms with Crippen LogP contribution in [0.3, 0.4) is 0 Å². The van der Waals surface area contributed by atoms with Crippen molar-refractivity contribution in [2.45, 2.75) is 51.7 Å². The largest absolute Gasteiger partial charge is 0.479 e. The summed E-state index contributed by atoms with van der Waals surface area (Å²) in [5.41, 5.74) is -0.866. The van der Waals surface area contributed by atoms with Gasteiger partial charge in [-0.1, -0.05) is 0 Å². The summed E-state index contributed by atoms with van der Waals surface area (Å²) in [4.78, 5) is 25.0. The zero-order valence-corrected chi connectivity index (χ0v) is 11.9. The van der Waals surface area contributed by atoms with E-state index < -0.39 is 23.2 Å². The topological polar surface area (TPSA) is 66.8 Å². The van der Waals surface area contributed by atoms with Crippen molar-refractivity contribution in [3.8, 4) is 0 Å². The number of hydrogen-bond acceptors (Lipinski definition) is 3. The molecule has 0 spiro atoms. The average Bonchev–Trinajstić information content (AvgIpc) is 3.00. The molecule has 0 radical (unpaired) electrons. The van der Waals surface area contributed by atoms with E-state index in [4.69, 9.17) is 4.74 Å². The van der Waals surface area contributed by atoms with Crippen LogP contribution in [0.15, 0.2) is 11.6 Å². The van der Waals surface area contributed by atoms with E-state index >= 15 is 0 Å². The Hall–Kier alpha value is -1.52. The zero-order chi connectivity index (χ0) is 14.4. The number of carboxylic acids is 1. The number of hydrogen-bond donors (Lipinski definition) is 1. The number of rotatable bonds is 2. The van der Waals surface area contributed by atoms with E-state index in [2.05, 4.69) is 0 Å². The minimum Gasteiger partial charge on any atom is -0.479 e. The van der Waals surface area contributed by atoms with Gasteiger partial charge in [0.1, 0.15) is 5.60 Å². The lowest BCUT2D eigenvalue weighted by Crippen LogP contribution is -2.52. The average molecular weight is 267 g/mol. The molecule has 1 aliphatic carbocycles. The second kappa shape index (κ2) is 4.25. The number of ether oxygens (including phenoxy) is 1. The van der Waals surface area contributed by atoms with Gasteiger partial charge in [0, 0.05) is 6.54 Å². The Bertz CT molecular complexity index is 445. The standard InChI is InChI=1S/C14H21NO4/c1-13(2,3)19-12(18)15-8-10(9-5-6-9)7-14(15,4)11(16)17/h7,9H,5-6,8H2,1-4H3,(H,16,17)/t14-/m0/s1. The Labute approximate surface area is 113 Å². The van der Waals surface area contributed by atoms with Gasteiger partial charge in [-0.05, 0) is 58.1 Å². The van der Waals surface area contributed by atoms with Crippen LogP contribution in [0.5, 0.6) is 0 Å². The Morgan fingerprint density at radius 1 is 1.42 bits per heavy atom. The molecule has 19 heavy (non-hydrogen) atoms. The maximum Gasteiger partial charge on any atom is 0.411 e. The summed E-state index contributed by atoms with van der Waals surface area (Å²) in [5, 5.41) is 9.42. The number of aliphatic carboxylic acids is 1. The van der Waals surface area contributed by atoms with Crippen LogP contribution in [-0.2, 0) is 9.53 Å². The van der Waals surface area contributed by atoms with E-state index in [0.717, 1.165) is 18.4 Å². The molecular formula is C14H21NO4. The molecule has 0 aromatic rings. The predicted octanol–water partition coefficient (Wildman–Crippen LogP) is 2.42. The fourth-order valence-electron chi connectivity index (χ4n) is 2.28. The van der Waals surface area contributed by atoms with Gasteiger partial charge in [-0.15, -0.1) is 0 Å². The van der Waals surface area contributed by atoms with Gasteiger partial charge in [0.25, 0.3) is 0 Å². The van der Waals surface area contributed by atoms with Gasteiger partial charge in [0.15, 0.2) is 5.54 Å². The molecule has 2 aliphatic rings. The molecule has 1 heterocycles. The molecule has 0 saturated heterocycles. The van der Waals surface area contributed by atoms with Crippen molar-refractivity contribution >= 4 is 12.1 Å². The molecule has 1 atom stereocenters. The lowest BCUT2D eigenvalue weighted by Gasteiger charge is -2.32. The first-order chi connectivity index (χ1) is 8.63. The van der Waals surface area contributed by atoms with Gasteiger partial charge in [-0.3, -0.25) is 4.90 Å².